The maximum absolute atomic E-state index is 14.4. The number of anilines is 2. The standard InChI is InChI=1S/C25H30FN3O5S/c1-6-11-29(15-16(2)3)23-10-8-18(13-22(23)28-35(5,31)32)24-14-21(27-34-24)17-7-9-19(20(26)12-17)25(30)33-4/h7-10,12-14,16,28H,6,11,15H2,1-5H3. The molecule has 0 amide bonds. The lowest BCUT2D eigenvalue weighted by Gasteiger charge is -2.28. The topological polar surface area (TPSA) is 102 Å². The Morgan fingerprint density at radius 2 is 1.89 bits per heavy atom. The SMILES string of the molecule is CCCN(CC(C)C)c1ccc(-c2cc(-c3ccc(C(=O)OC)c(F)c3)no2)cc1NS(C)(=O)=O. The van der Waals surface area contributed by atoms with Gasteiger partial charge in [0.25, 0.3) is 0 Å². The number of carbonyl (C=O) groups is 1. The molecule has 3 rings (SSSR count). The number of nitrogens with one attached hydrogen (secondary N) is 1. The van der Waals surface area contributed by atoms with Crippen LogP contribution in [-0.4, -0.2) is 46.0 Å². The molecule has 35 heavy (non-hydrogen) atoms. The number of benzene rings is 2. The van der Waals surface area contributed by atoms with E-state index in [1.54, 1.807) is 18.2 Å². The van der Waals surface area contributed by atoms with Crippen LogP contribution in [0.15, 0.2) is 47.0 Å². The Morgan fingerprint density at radius 1 is 1.17 bits per heavy atom. The molecule has 0 radical (unpaired) electrons. The van der Waals surface area contributed by atoms with Gasteiger partial charge in [-0.2, -0.15) is 0 Å². The first-order valence-electron chi connectivity index (χ1n) is 11.2. The van der Waals surface area contributed by atoms with Gasteiger partial charge in [-0.05, 0) is 42.7 Å². The van der Waals surface area contributed by atoms with E-state index in [2.05, 4.69) is 40.3 Å². The molecule has 0 saturated heterocycles. The van der Waals surface area contributed by atoms with Gasteiger partial charge >= 0.3 is 5.97 Å². The predicted octanol–water partition coefficient (Wildman–Crippen LogP) is 5.18. The molecule has 0 fully saturated rings. The highest BCUT2D eigenvalue weighted by Crippen LogP contribution is 2.34. The Hall–Kier alpha value is -3.40. The van der Waals surface area contributed by atoms with Crippen molar-refractivity contribution < 1.29 is 26.9 Å². The van der Waals surface area contributed by atoms with E-state index in [0.29, 0.717) is 34.2 Å². The number of hydrogen-bond acceptors (Lipinski definition) is 7. The minimum absolute atomic E-state index is 0.176. The van der Waals surface area contributed by atoms with Crippen molar-refractivity contribution in [1.82, 2.24) is 5.16 Å². The lowest BCUT2D eigenvalue weighted by Crippen LogP contribution is -2.29. The summed E-state index contributed by atoms with van der Waals surface area (Å²) >= 11 is 0. The largest absolute Gasteiger partial charge is 0.465 e. The van der Waals surface area contributed by atoms with Crippen molar-refractivity contribution in [3.05, 3.63) is 53.8 Å². The zero-order valence-corrected chi connectivity index (χ0v) is 21.3. The van der Waals surface area contributed by atoms with Gasteiger partial charge in [-0.3, -0.25) is 4.72 Å². The van der Waals surface area contributed by atoms with Crippen LogP contribution in [0.2, 0.25) is 0 Å². The number of hydrogen-bond donors (Lipinski definition) is 1. The fourth-order valence-electron chi connectivity index (χ4n) is 3.76. The molecule has 0 aliphatic rings. The van der Waals surface area contributed by atoms with E-state index >= 15 is 0 Å². The van der Waals surface area contributed by atoms with Gasteiger partial charge in [0.1, 0.15) is 11.5 Å². The number of ether oxygens (including phenoxy) is 1. The molecule has 0 unspecified atom stereocenters. The Morgan fingerprint density at radius 3 is 2.49 bits per heavy atom. The van der Waals surface area contributed by atoms with Crippen LogP contribution in [0.5, 0.6) is 0 Å². The van der Waals surface area contributed by atoms with Gasteiger partial charge in [-0.25, -0.2) is 17.6 Å². The van der Waals surface area contributed by atoms with Crippen LogP contribution in [0.4, 0.5) is 15.8 Å². The molecular formula is C25H30FN3O5S. The first-order chi connectivity index (χ1) is 16.5. The second kappa shape index (κ2) is 10.9. The van der Waals surface area contributed by atoms with E-state index < -0.39 is 21.8 Å². The highest BCUT2D eigenvalue weighted by molar-refractivity contribution is 7.92. The molecule has 2 aromatic carbocycles. The maximum Gasteiger partial charge on any atom is 0.340 e. The Bertz CT molecular complexity index is 1300. The number of nitrogens with zero attached hydrogens (tertiary/aromatic N) is 2. The lowest BCUT2D eigenvalue weighted by molar-refractivity contribution is 0.0595. The van der Waals surface area contributed by atoms with E-state index in [1.807, 2.05) is 12.1 Å². The molecule has 8 nitrogen and oxygen atoms in total. The van der Waals surface area contributed by atoms with E-state index in [4.69, 9.17) is 4.52 Å². The van der Waals surface area contributed by atoms with Gasteiger partial charge in [0, 0.05) is 30.3 Å². The average molecular weight is 504 g/mol. The Labute approximate surface area is 205 Å². The third-order valence-electron chi connectivity index (χ3n) is 5.18. The van der Waals surface area contributed by atoms with Crippen molar-refractivity contribution in [1.29, 1.82) is 0 Å². The van der Waals surface area contributed by atoms with Gasteiger partial charge in [0.15, 0.2) is 5.76 Å². The number of carbonyl (C=O) groups excluding carboxylic acids is 1. The lowest BCUT2D eigenvalue weighted by atomic mass is 10.1. The summed E-state index contributed by atoms with van der Waals surface area (Å²) in [5.41, 5.74) is 2.42. The zero-order valence-electron chi connectivity index (χ0n) is 20.5. The molecule has 1 heterocycles. The number of rotatable bonds is 10. The van der Waals surface area contributed by atoms with Gasteiger partial charge in [-0.15, -0.1) is 0 Å². The third kappa shape index (κ3) is 6.60. The number of aromatic nitrogens is 1. The van der Waals surface area contributed by atoms with Crippen LogP contribution in [-0.2, 0) is 14.8 Å². The highest BCUT2D eigenvalue weighted by atomic mass is 32.2. The molecule has 0 bridgehead atoms. The molecule has 0 spiro atoms. The first-order valence-corrected chi connectivity index (χ1v) is 13.1. The van der Waals surface area contributed by atoms with Gasteiger partial charge in [0.05, 0.1) is 30.3 Å². The maximum atomic E-state index is 14.4. The smallest absolute Gasteiger partial charge is 0.340 e. The van der Waals surface area contributed by atoms with Crippen molar-refractivity contribution in [2.75, 3.05) is 36.1 Å². The summed E-state index contributed by atoms with van der Waals surface area (Å²) in [6.45, 7) is 7.83. The van der Waals surface area contributed by atoms with Crippen molar-refractivity contribution in [2.45, 2.75) is 27.2 Å². The van der Waals surface area contributed by atoms with Gasteiger partial charge in [0.2, 0.25) is 10.0 Å². The molecule has 1 N–H and O–H groups in total. The minimum atomic E-state index is -3.53. The zero-order chi connectivity index (χ0) is 25.8. The molecule has 1 aromatic heterocycles. The normalized spacial score (nSPS) is 11.5. The average Bonchev–Trinajstić information content (AvgIpc) is 3.27. The fourth-order valence-corrected chi connectivity index (χ4v) is 4.33. The third-order valence-corrected chi connectivity index (χ3v) is 5.77. The molecule has 3 aromatic rings. The van der Waals surface area contributed by atoms with E-state index in [9.17, 15) is 17.6 Å². The number of sulfonamides is 1. The predicted molar refractivity (Wildman–Crippen MR) is 134 cm³/mol. The molecule has 0 saturated carbocycles. The van der Waals surface area contributed by atoms with Gasteiger partial charge < -0.3 is 14.2 Å². The van der Waals surface area contributed by atoms with Crippen molar-refractivity contribution in [3.8, 4) is 22.6 Å². The molecule has 188 valence electrons. The summed E-state index contributed by atoms with van der Waals surface area (Å²) in [4.78, 5) is 13.8. The summed E-state index contributed by atoms with van der Waals surface area (Å²) < 4.78 is 51.2. The minimum Gasteiger partial charge on any atom is -0.465 e. The summed E-state index contributed by atoms with van der Waals surface area (Å²) in [5, 5.41) is 4.02. The van der Waals surface area contributed by atoms with Gasteiger partial charge in [-0.1, -0.05) is 32.0 Å². The first kappa shape index (κ1) is 26.2. The number of halogens is 1. The van der Waals surface area contributed by atoms with E-state index in [-0.39, 0.29) is 5.56 Å². The van der Waals surface area contributed by atoms with E-state index in [1.165, 1.54) is 19.2 Å². The molecule has 10 heteroatoms. The van der Waals surface area contributed by atoms with Crippen LogP contribution < -0.4 is 9.62 Å². The van der Waals surface area contributed by atoms with Crippen molar-refractivity contribution in [2.24, 2.45) is 5.92 Å². The van der Waals surface area contributed by atoms with Crippen LogP contribution in [0.1, 0.15) is 37.6 Å². The summed E-state index contributed by atoms with van der Waals surface area (Å²) in [6.07, 6.45) is 2.01. The second-order valence-corrected chi connectivity index (χ2v) is 10.5. The quantitative estimate of drug-likeness (QED) is 0.381. The Kier molecular flexibility index (Phi) is 8.16. The summed E-state index contributed by atoms with van der Waals surface area (Å²) in [5.74, 6) is -0.735. The van der Waals surface area contributed by atoms with Crippen LogP contribution >= 0.6 is 0 Å². The number of methoxy groups -OCH3 is 1. The van der Waals surface area contributed by atoms with Crippen LogP contribution in [0.25, 0.3) is 22.6 Å². The molecule has 0 aliphatic carbocycles. The summed E-state index contributed by atoms with van der Waals surface area (Å²) in [7, 11) is -2.35. The second-order valence-electron chi connectivity index (χ2n) is 8.71. The van der Waals surface area contributed by atoms with E-state index in [0.717, 1.165) is 31.5 Å². The molecule has 0 aliphatic heterocycles. The Balaban J connectivity index is 1.99. The van der Waals surface area contributed by atoms with Crippen molar-refractivity contribution in [3.63, 3.8) is 0 Å². The molecule has 0 atom stereocenters. The monoisotopic (exact) mass is 503 g/mol. The van der Waals surface area contributed by atoms with Crippen LogP contribution in [0, 0.1) is 11.7 Å². The van der Waals surface area contributed by atoms with Crippen molar-refractivity contribution >= 4 is 27.4 Å². The number of esters is 1. The van der Waals surface area contributed by atoms with Crippen LogP contribution in [0.3, 0.4) is 0 Å². The molecular weight excluding hydrogens is 473 g/mol. The highest BCUT2D eigenvalue weighted by Gasteiger charge is 2.19. The fraction of sp³-hybridized carbons (Fsp3) is 0.360. The summed E-state index contributed by atoms with van der Waals surface area (Å²) in [6, 6.07) is 11.1.